The molecule has 0 aromatic heterocycles. The molecular formula is C29H72O6Si6. The molecule has 0 aromatic carbocycles. The predicted molar refractivity (Wildman–Crippen MR) is 193 cm³/mol. The fourth-order valence-electron chi connectivity index (χ4n) is 6.38. The SMILES string of the molecule is CCCC[Si](C)(C)O[Si](C)(C)O[Si](C)(C)CCCC(CO)(CO)CCC[Si](C)(C)O[Si](C)(C)O[Si](C)(C)CCCC. The van der Waals surface area contributed by atoms with E-state index in [4.69, 9.17) is 16.5 Å². The van der Waals surface area contributed by atoms with Crippen molar-refractivity contribution in [3.8, 4) is 0 Å². The third-order valence-electron chi connectivity index (χ3n) is 8.00. The van der Waals surface area contributed by atoms with Gasteiger partial charge in [0.05, 0.1) is 13.2 Å². The van der Waals surface area contributed by atoms with Crippen LogP contribution in [0.25, 0.3) is 0 Å². The number of hydrogen-bond acceptors (Lipinski definition) is 6. The van der Waals surface area contributed by atoms with Gasteiger partial charge < -0.3 is 26.7 Å². The fourth-order valence-corrected chi connectivity index (χ4v) is 34.9. The van der Waals surface area contributed by atoms with E-state index in [1.54, 1.807) is 0 Å². The Hall–Kier alpha value is 1.06. The number of unbranched alkanes of at least 4 members (excludes halogenated alkanes) is 2. The van der Waals surface area contributed by atoms with Crippen molar-refractivity contribution in [3.63, 3.8) is 0 Å². The Morgan fingerprint density at radius 1 is 0.439 bits per heavy atom. The molecular weight excluding hydrogens is 613 g/mol. The van der Waals surface area contributed by atoms with Crippen LogP contribution in [0.1, 0.15) is 65.2 Å². The molecule has 0 aliphatic rings. The van der Waals surface area contributed by atoms with Crippen molar-refractivity contribution >= 4 is 50.4 Å². The van der Waals surface area contributed by atoms with Crippen LogP contribution in [-0.4, -0.2) is 73.8 Å². The summed E-state index contributed by atoms with van der Waals surface area (Å²) in [6.07, 6.45) is 8.44. The van der Waals surface area contributed by atoms with Gasteiger partial charge in [-0.3, -0.25) is 0 Å². The molecule has 12 heteroatoms. The molecule has 0 saturated carbocycles. The Labute approximate surface area is 262 Å². The summed E-state index contributed by atoms with van der Waals surface area (Å²) in [5, 5.41) is 20.8. The van der Waals surface area contributed by atoms with Crippen LogP contribution in [0, 0.1) is 5.41 Å². The highest BCUT2D eigenvalue weighted by molar-refractivity contribution is 6.88. The van der Waals surface area contributed by atoms with Crippen molar-refractivity contribution in [2.45, 2.75) is 168 Å². The van der Waals surface area contributed by atoms with Gasteiger partial charge in [0.15, 0.2) is 33.3 Å². The van der Waals surface area contributed by atoms with Gasteiger partial charge >= 0.3 is 17.1 Å². The average Bonchev–Trinajstić information content (AvgIpc) is 2.77. The molecule has 248 valence electrons. The summed E-state index contributed by atoms with van der Waals surface area (Å²) in [5.41, 5.74) is -0.439. The molecule has 0 bridgehead atoms. The summed E-state index contributed by atoms with van der Waals surface area (Å²) in [6, 6.07) is 4.42. The summed E-state index contributed by atoms with van der Waals surface area (Å²) in [4.78, 5) is 0. The quantitative estimate of drug-likeness (QED) is 0.0987. The minimum absolute atomic E-state index is 0.0241. The van der Waals surface area contributed by atoms with Crippen LogP contribution in [0.5, 0.6) is 0 Å². The summed E-state index contributed by atoms with van der Waals surface area (Å²) >= 11 is 0. The van der Waals surface area contributed by atoms with Gasteiger partial charge in [-0.2, -0.15) is 0 Å². The van der Waals surface area contributed by atoms with Crippen LogP contribution >= 0.6 is 0 Å². The molecule has 0 aliphatic carbocycles. The van der Waals surface area contributed by atoms with E-state index in [1.165, 1.54) is 37.8 Å². The van der Waals surface area contributed by atoms with E-state index in [0.29, 0.717) is 0 Å². The van der Waals surface area contributed by atoms with E-state index in [1.807, 2.05) is 0 Å². The van der Waals surface area contributed by atoms with Gasteiger partial charge in [-0.05, 0) is 116 Å². The molecule has 0 fully saturated rings. The van der Waals surface area contributed by atoms with Gasteiger partial charge in [0, 0.05) is 5.41 Å². The van der Waals surface area contributed by atoms with Gasteiger partial charge in [0.25, 0.3) is 0 Å². The van der Waals surface area contributed by atoms with Crippen molar-refractivity contribution in [1.29, 1.82) is 0 Å². The molecule has 0 heterocycles. The third kappa shape index (κ3) is 19.2. The second kappa shape index (κ2) is 17.7. The molecule has 0 rings (SSSR count). The highest BCUT2D eigenvalue weighted by atomic mass is 28.5. The van der Waals surface area contributed by atoms with Crippen molar-refractivity contribution < 1.29 is 26.7 Å². The summed E-state index contributed by atoms with van der Waals surface area (Å²) < 4.78 is 27.0. The maximum atomic E-state index is 10.4. The number of rotatable bonds is 24. The van der Waals surface area contributed by atoms with E-state index < -0.39 is 55.8 Å². The lowest BCUT2D eigenvalue weighted by molar-refractivity contribution is 0.0381. The fraction of sp³-hybridized carbons (Fsp3) is 1.00. The topological polar surface area (TPSA) is 77.4 Å². The van der Waals surface area contributed by atoms with Crippen LogP contribution in [0.4, 0.5) is 0 Å². The summed E-state index contributed by atoms with van der Waals surface area (Å²) in [5.74, 6) is 0. The first-order valence-electron chi connectivity index (χ1n) is 16.5. The zero-order valence-corrected chi connectivity index (χ0v) is 35.9. The second-order valence-corrected chi connectivity index (χ2v) is 40.9. The lowest BCUT2D eigenvalue weighted by atomic mass is 9.81. The third-order valence-corrected chi connectivity index (χ3v) is 30.9. The van der Waals surface area contributed by atoms with E-state index in [-0.39, 0.29) is 13.2 Å². The standard InChI is InChI=1S/C29H72O6Si6/c1-15-17-23-36(3,4)32-40(11,12)34-38(7,8)25-19-21-29(27-30,28-31)22-20-26-39(9,10)35-41(13,14)33-37(5,6)24-18-16-2/h30-31H,15-28H2,1-14H3. The van der Waals surface area contributed by atoms with Crippen molar-refractivity contribution in [1.82, 2.24) is 0 Å². The first-order valence-corrected chi connectivity index (χ1v) is 34.6. The molecule has 41 heavy (non-hydrogen) atoms. The van der Waals surface area contributed by atoms with Crippen LogP contribution in [0.2, 0.25) is 103 Å². The molecule has 0 atom stereocenters. The smallest absolute Gasteiger partial charge is 0.311 e. The van der Waals surface area contributed by atoms with Crippen LogP contribution in [0.3, 0.4) is 0 Å². The first-order chi connectivity index (χ1) is 18.5. The normalized spacial score (nSPS) is 14.6. The highest BCUT2D eigenvalue weighted by Crippen LogP contribution is 2.35. The molecule has 6 nitrogen and oxygen atoms in total. The molecule has 0 radical (unpaired) electrons. The Bertz CT molecular complexity index is 671. The summed E-state index contributed by atoms with van der Waals surface area (Å²) in [7, 11) is -11.7. The Morgan fingerprint density at radius 2 is 0.683 bits per heavy atom. The molecule has 0 saturated heterocycles. The zero-order chi connectivity index (χ0) is 32.2. The van der Waals surface area contributed by atoms with Crippen molar-refractivity contribution in [2.24, 2.45) is 5.41 Å². The van der Waals surface area contributed by atoms with Crippen LogP contribution < -0.4 is 0 Å². The van der Waals surface area contributed by atoms with Gasteiger partial charge in [0.1, 0.15) is 0 Å². The van der Waals surface area contributed by atoms with Gasteiger partial charge in [-0.1, -0.05) is 52.4 Å². The molecule has 0 amide bonds. The second-order valence-electron chi connectivity index (χ2n) is 16.0. The average molecular weight is 685 g/mol. The molecule has 0 unspecified atom stereocenters. The predicted octanol–water partition coefficient (Wildman–Crippen LogP) is 9.41. The van der Waals surface area contributed by atoms with Crippen LogP contribution in [0.15, 0.2) is 0 Å². The van der Waals surface area contributed by atoms with Gasteiger partial charge in [0.2, 0.25) is 0 Å². The van der Waals surface area contributed by atoms with Gasteiger partial charge in [-0.25, -0.2) is 0 Å². The lowest BCUT2D eigenvalue weighted by Gasteiger charge is -2.40. The zero-order valence-electron chi connectivity index (χ0n) is 29.9. The van der Waals surface area contributed by atoms with Crippen molar-refractivity contribution in [3.05, 3.63) is 0 Å². The highest BCUT2D eigenvalue weighted by Gasteiger charge is 2.41. The summed E-state index contributed by atoms with van der Waals surface area (Å²) in [6.45, 7) is 31.9. The van der Waals surface area contributed by atoms with Crippen LogP contribution in [-0.2, 0) is 16.5 Å². The number of aliphatic hydroxyl groups is 2. The molecule has 0 spiro atoms. The molecule has 0 aromatic rings. The Morgan fingerprint density at radius 3 is 0.902 bits per heavy atom. The van der Waals surface area contributed by atoms with Gasteiger partial charge in [-0.15, -0.1) is 0 Å². The minimum Gasteiger partial charge on any atom is -0.437 e. The van der Waals surface area contributed by atoms with E-state index in [2.05, 4.69) is 92.4 Å². The number of aliphatic hydroxyl groups excluding tert-OH is 2. The maximum Gasteiger partial charge on any atom is 0.311 e. The van der Waals surface area contributed by atoms with E-state index in [9.17, 15) is 10.2 Å². The Balaban J connectivity index is 4.99. The first kappa shape index (κ1) is 42.1. The molecule has 0 aliphatic heterocycles. The maximum absolute atomic E-state index is 10.4. The number of hydrogen-bond donors (Lipinski definition) is 2. The largest absolute Gasteiger partial charge is 0.437 e. The minimum atomic E-state index is -2.21. The van der Waals surface area contributed by atoms with Crippen molar-refractivity contribution in [2.75, 3.05) is 13.2 Å². The monoisotopic (exact) mass is 684 g/mol. The lowest BCUT2D eigenvalue weighted by Crippen LogP contribution is -2.52. The van der Waals surface area contributed by atoms with E-state index in [0.717, 1.165) is 37.8 Å². The van der Waals surface area contributed by atoms with E-state index >= 15 is 0 Å². The Kier molecular flexibility index (Phi) is 18.1. The molecule has 2 N–H and O–H groups in total.